The van der Waals surface area contributed by atoms with Crippen LogP contribution in [0.3, 0.4) is 0 Å². The van der Waals surface area contributed by atoms with Gasteiger partial charge in [0.25, 0.3) is 0 Å². The van der Waals surface area contributed by atoms with Gasteiger partial charge in [-0.2, -0.15) is 0 Å². The van der Waals surface area contributed by atoms with Crippen LogP contribution < -0.4 is 5.32 Å². The van der Waals surface area contributed by atoms with E-state index in [1.165, 1.54) is 0 Å². The van der Waals surface area contributed by atoms with Crippen molar-refractivity contribution >= 4 is 29.0 Å². The first-order valence-corrected chi connectivity index (χ1v) is 7.84. The van der Waals surface area contributed by atoms with Gasteiger partial charge in [-0.15, -0.1) is 10.2 Å². The molecule has 1 aromatic heterocycles. The lowest BCUT2D eigenvalue weighted by Gasteiger charge is -2.08. The molecule has 1 aliphatic rings. The minimum Gasteiger partial charge on any atom is -0.381 e. The molecule has 7 heteroatoms. The minimum atomic E-state index is 0.0588. The molecule has 0 aromatic carbocycles. The van der Waals surface area contributed by atoms with E-state index in [0.29, 0.717) is 13.2 Å². The van der Waals surface area contributed by atoms with Crippen molar-refractivity contribution in [1.82, 2.24) is 15.5 Å². The average Bonchev–Trinajstić information content (AvgIpc) is 2.99. The number of nitrogens with one attached hydrogen (secondary N) is 1. The van der Waals surface area contributed by atoms with Crippen LogP contribution in [0.15, 0.2) is 4.34 Å². The summed E-state index contributed by atoms with van der Waals surface area (Å²) in [5.74, 6) is 1.14. The summed E-state index contributed by atoms with van der Waals surface area (Å²) in [4.78, 5) is 11.7. The van der Waals surface area contributed by atoms with Crippen molar-refractivity contribution in [1.29, 1.82) is 0 Å². The number of aryl methyl sites for hydroxylation is 1. The van der Waals surface area contributed by atoms with Gasteiger partial charge in [-0.3, -0.25) is 4.79 Å². The number of carbonyl (C=O) groups excluding carboxylic acids is 1. The smallest absolute Gasteiger partial charge is 0.225 e. The third kappa shape index (κ3) is 4.22. The topological polar surface area (TPSA) is 64.1 Å². The minimum absolute atomic E-state index is 0.0588. The molecule has 18 heavy (non-hydrogen) atoms. The van der Waals surface area contributed by atoms with Crippen molar-refractivity contribution in [3.63, 3.8) is 0 Å². The van der Waals surface area contributed by atoms with Crippen LogP contribution >= 0.6 is 23.1 Å². The molecule has 5 nitrogen and oxygen atoms in total. The monoisotopic (exact) mass is 287 g/mol. The highest BCUT2D eigenvalue weighted by molar-refractivity contribution is 8.01. The van der Waals surface area contributed by atoms with E-state index in [9.17, 15) is 4.79 Å². The predicted molar refractivity (Wildman–Crippen MR) is 71.9 cm³/mol. The summed E-state index contributed by atoms with van der Waals surface area (Å²) in [6.07, 6.45) is 1.80. The Balaban J connectivity index is 1.54. The van der Waals surface area contributed by atoms with Gasteiger partial charge in [0, 0.05) is 18.9 Å². The van der Waals surface area contributed by atoms with Crippen LogP contribution in [0, 0.1) is 12.8 Å². The Morgan fingerprint density at radius 2 is 2.50 bits per heavy atom. The first kappa shape index (κ1) is 13.8. The van der Waals surface area contributed by atoms with E-state index in [1.807, 2.05) is 6.92 Å². The highest BCUT2D eigenvalue weighted by Gasteiger charge is 2.22. The molecule has 2 rings (SSSR count). The van der Waals surface area contributed by atoms with Crippen LogP contribution in [0.4, 0.5) is 0 Å². The van der Waals surface area contributed by atoms with Crippen molar-refractivity contribution < 1.29 is 9.53 Å². The van der Waals surface area contributed by atoms with Gasteiger partial charge in [0.15, 0.2) is 4.34 Å². The number of hydrogen-bond acceptors (Lipinski definition) is 6. The second-order valence-corrected chi connectivity index (χ2v) is 6.66. The van der Waals surface area contributed by atoms with E-state index in [1.54, 1.807) is 23.1 Å². The zero-order valence-corrected chi connectivity index (χ0v) is 12.0. The summed E-state index contributed by atoms with van der Waals surface area (Å²) in [7, 11) is 0. The number of ether oxygens (including phenoxy) is 1. The molecular formula is C11H17N3O2S2. The van der Waals surface area contributed by atoms with E-state index < -0.39 is 0 Å². The Kier molecular flexibility index (Phi) is 5.40. The molecule has 1 saturated heterocycles. The van der Waals surface area contributed by atoms with Gasteiger partial charge in [-0.25, -0.2) is 0 Å². The van der Waals surface area contributed by atoms with Gasteiger partial charge < -0.3 is 10.1 Å². The first-order valence-electron chi connectivity index (χ1n) is 6.04. The fourth-order valence-corrected chi connectivity index (χ4v) is 3.49. The van der Waals surface area contributed by atoms with Crippen LogP contribution in [0.1, 0.15) is 17.8 Å². The fourth-order valence-electron chi connectivity index (χ4n) is 1.67. The van der Waals surface area contributed by atoms with Gasteiger partial charge in [-0.05, 0) is 19.8 Å². The zero-order chi connectivity index (χ0) is 12.8. The van der Waals surface area contributed by atoms with E-state index in [4.69, 9.17) is 4.74 Å². The molecule has 1 N–H and O–H groups in total. The van der Waals surface area contributed by atoms with E-state index in [-0.39, 0.29) is 11.8 Å². The molecule has 0 saturated carbocycles. The van der Waals surface area contributed by atoms with Gasteiger partial charge >= 0.3 is 0 Å². The Labute approximate surface area is 115 Å². The maximum Gasteiger partial charge on any atom is 0.225 e. The van der Waals surface area contributed by atoms with Crippen molar-refractivity contribution in [2.45, 2.75) is 24.1 Å². The molecule has 1 amide bonds. The van der Waals surface area contributed by atoms with E-state index >= 15 is 0 Å². The molecule has 0 spiro atoms. The summed E-state index contributed by atoms with van der Waals surface area (Å²) in [6, 6.07) is 0. The normalized spacial score (nSPS) is 19.1. The second-order valence-electron chi connectivity index (χ2n) is 4.14. The summed E-state index contributed by atoms with van der Waals surface area (Å²) in [5.41, 5.74) is 0. The molecule has 0 unspecified atom stereocenters. The van der Waals surface area contributed by atoms with Crippen LogP contribution in [0.5, 0.6) is 0 Å². The summed E-state index contributed by atoms with van der Waals surface area (Å²) < 4.78 is 6.19. The Morgan fingerprint density at radius 1 is 1.61 bits per heavy atom. The SMILES string of the molecule is Cc1nnc(SCCCNC(=O)[C@@H]2CCOC2)s1. The largest absolute Gasteiger partial charge is 0.381 e. The Bertz CT molecular complexity index is 391. The van der Waals surface area contributed by atoms with Crippen LogP contribution in [-0.2, 0) is 9.53 Å². The molecule has 2 heterocycles. The van der Waals surface area contributed by atoms with Crippen molar-refractivity contribution in [3.05, 3.63) is 5.01 Å². The number of carbonyl (C=O) groups is 1. The molecule has 100 valence electrons. The maximum atomic E-state index is 11.7. The quantitative estimate of drug-likeness (QED) is 0.634. The number of hydrogen-bond donors (Lipinski definition) is 1. The number of thioether (sulfide) groups is 1. The molecule has 1 aromatic rings. The predicted octanol–water partition coefficient (Wildman–Crippen LogP) is 1.48. The van der Waals surface area contributed by atoms with Gasteiger partial charge in [-0.1, -0.05) is 23.1 Å². The number of aromatic nitrogens is 2. The van der Waals surface area contributed by atoms with Crippen molar-refractivity contribution in [2.24, 2.45) is 5.92 Å². The van der Waals surface area contributed by atoms with Crippen LogP contribution in [0.2, 0.25) is 0 Å². The Morgan fingerprint density at radius 3 is 3.17 bits per heavy atom. The third-order valence-corrected chi connectivity index (χ3v) is 4.71. The lowest BCUT2D eigenvalue weighted by molar-refractivity contribution is -0.124. The van der Waals surface area contributed by atoms with Crippen LogP contribution in [0.25, 0.3) is 0 Å². The molecule has 1 fully saturated rings. The molecule has 1 atom stereocenters. The Hall–Kier alpha value is -0.660. The summed E-state index contributed by atoms with van der Waals surface area (Å²) in [5, 5.41) is 11.9. The zero-order valence-electron chi connectivity index (χ0n) is 10.3. The summed E-state index contributed by atoms with van der Waals surface area (Å²) >= 11 is 3.30. The second kappa shape index (κ2) is 7.06. The van der Waals surface area contributed by atoms with E-state index in [2.05, 4.69) is 15.5 Å². The lowest BCUT2D eigenvalue weighted by atomic mass is 10.1. The molecule has 0 bridgehead atoms. The standard InChI is InChI=1S/C11H17N3O2S2/c1-8-13-14-11(18-8)17-6-2-4-12-10(15)9-3-5-16-7-9/h9H,2-7H2,1H3,(H,12,15)/t9-/m1/s1. The first-order chi connectivity index (χ1) is 8.75. The van der Waals surface area contributed by atoms with Crippen molar-refractivity contribution in [2.75, 3.05) is 25.5 Å². The van der Waals surface area contributed by atoms with Gasteiger partial charge in [0.05, 0.1) is 12.5 Å². The van der Waals surface area contributed by atoms with Crippen molar-refractivity contribution in [3.8, 4) is 0 Å². The average molecular weight is 287 g/mol. The molecular weight excluding hydrogens is 270 g/mol. The maximum absolute atomic E-state index is 11.7. The molecule has 0 aliphatic carbocycles. The molecule has 0 radical (unpaired) electrons. The van der Waals surface area contributed by atoms with Gasteiger partial charge in [0.2, 0.25) is 5.91 Å². The number of amides is 1. The third-order valence-electron chi connectivity index (χ3n) is 2.65. The highest BCUT2D eigenvalue weighted by atomic mass is 32.2. The highest BCUT2D eigenvalue weighted by Crippen LogP contribution is 2.22. The lowest BCUT2D eigenvalue weighted by Crippen LogP contribution is -2.31. The molecule has 1 aliphatic heterocycles. The van der Waals surface area contributed by atoms with Gasteiger partial charge in [0.1, 0.15) is 5.01 Å². The summed E-state index contributed by atoms with van der Waals surface area (Å²) in [6.45, 7) is 3.96. The van der Waals surface area contributed by atoms with Crippen LogP contribution in [-0.4, -0.2) is 41.6 Å². The fraction of sp³-hybridized carbons (Fsp3) is 0.727. The number of rotatable bonds is 6. The van der Waals surface area contributed by atoms with E-state index in [0.717, 1.165) is 34.5 Å². The number of nitrogens with zero attached hydrogens (tertiary/aromatic N) is 2.